The standard InChI is InChI=1S/C16H28N2O2/c1-6-16(4,5)9-18-13(10(2)3)14(19)17-12(15(18)20)11-7-8-11/h10-13H,6-9H2,1-5H3,(H,17,19). The Balaban J connectivity index is 2.23. The van der Waals surface area contributed by atoms with Crippen LogP contribution in [0.3, 0.4) is 0 Å². The van der Waals surface area contributed by atoms with Crippen LogP contribution in [-0.4, -0.2) is 35.3 Å². The van der Waals surface area contributed by atoms with Crippen LogP contribution in [0.2, 0.25) is 0 Å². The molecule has 20 heavy (non-hydrogen) atoms. The number of amides is 2. The number of nitrogens with one attached hydrogen (secondary N) is 1. The third-order valence-electron chi connectivity index (χ3n) is 4.73. The number of piperazine rings is 1. The van der Waals surface area contributed by atoms with Gasteiger partial charge in [0.2, 0.25) is 11.8 Å². The predicted molar refractivity (Wildman–Crippen MR) is 79.1 cm³/mol. The minimum atomic E-state index is -0.316. The number of carbonyl (C=O) groups is 2. The van der Waals surface area contributed by atoms with Crippen LogP contribution in [0.4, 0.5) is 0 Å². The van der Waals surface area contributed by atoms with Gasteiger partial charge in [-0.3, -0.25) is 9.59 Å². The van der Waals surface area contributed by atoms with Crippen LogP contribution in [0.1, 0.15) is 53.9 Å². The molecule has 1 heterocycles. The molecule has 0 aromatic carbocycles. The molecule has 1 N–H and O–H groups in total. The third kappa shape index (κ3) is 2.99. The van der Waals surface area contributed by atoms with Gasteiger partial charge in [0.05, 0.1) is 0 Å². The van der Waals surface area contributed by atoms with Gasteiger partial charge < -0.3 is 10.2 Å². The van der Waals surface area contributed by atoms with Gasteiger partial charge in [0.15, 0.2) is 0 Å². The second kappa shape index (κ2) is 5.38. The van der Waals surface area contributed by atoms with Gasteiger partial charge in [0.25, 0.3) is 0 Å². The average molecular weight is 280 g/mol. The van der Waals surface area contributed by atoms with E-state index in [0.29, 0.717) is 12.5 Å². The Morgan fingerprint density at radius 1 is 1.30 bits per heavy atom. The second-order valence-electron chi connectivity index (χ2n) is 7.50. The smallest absolute Gasteiger partial charge is 0.246 e. The fraction of sp³-hybridized carbons (Fsp3) is 0.875. The van der Waals surface area contributed by atoms with E-state index in [9.17, 15) is 9.59 Å². The molecule has 2 aliphatic rings. The monoisotopic (exact) mass is 280 g/mol. The molecule has 4 nitrogen and oxygen atoms in total. The van der Waals surface area contributed by atoms with Crippen molar-refractivity contribution in [1.29, 1.82) is 0 Å². The van der Waals surface area contributed by atoms with E-state index in [1.54, 1.807) is 0 Å². The van der Waals surface area contributed by atoms with E-state index < -0.39 is 0 Å². The van der Waals surface area contributed by atoms with Crippen LogP contribution in [-0.2, 0) is 9.59 Å². The largest absolute Gasteiger partial charge is 0.342 e. The van der Waals surface area contributed by atoms with Crippen LogP contribution < -0.4 is 5.32 Å². The Morgan fingerprint density at radius 3 is 2.35 bits per heavy atom. The summed E-state index contributed by atoms with van der Waals surface area (Å²) in [4.78, 5) is 27.0. The maximum Gasteiger partial charge on any atom is 0.246 e. The van der Waals surface area contributed by atoms with Crippen molar-refractivity contribution in [3.8, 4) is 0 Å². The van der Waals surface area contributed by atoms with Gasteiger partial charge >= 0.3 is 0 Å². The Kier molecular flexibility index (Phi) is 4.12. The summed E-state index contributed by atoms with van der Waals surface area (Å²) in [5.41, 5.74) is 0.0501. The average Bonchev–Trinajstić information content (AvgIpc) is 3.16. The number of nitrogens with zero attached hydrogens (tertiary/aromatic N) is 1. The summed E-state index contributed by atoms with van der Waals surface area (Å²) in [5.74, 6) is 0.675. The highest BCUT2D eigenvalue weighted by molar-refractivity contribution is 5.97. The lowest BCUT2D eigenvalue weighted by Gasteiger charge is -2.44. The van der Waals surface area contributed by atoms with Crippen molar-refractivity contribution in [2.45, 2.75) is 66.0 Å². The number of rotatable bonds is 5. The molecule has 2 fully saturated rings. The van der Waals surface area contributed by atoms with Crippen molar-refractivity contribution >= 4 is 11.8 Å². The Labute approximate surface area is 122 Å². The lowest BCUT2D eigenvalue weighted by molar-refractivity contribution is -0.153. The molecule has 0 aromatic heterocycles. The normalized spacial score (nSPS) is 28.0. The molecule has 2 unspecified atom stereocenters. The van der Waals surface area contributed by atoms with E-state index in [-0.39, 0.29) is 35.2 Å². The highest BCUT2D eigenvalue weighted by atomic mass is 16.2. The minimum Gasteiger partial charge on any atom is -0.342 e. The summed E-state index contributed by atoms with van der Waals surface area (Å²) in [6.45, 7) is 11.2. The molecule has 0 radical (unpaired) electrons. The number of carbonyl (C=O) groups excluding carboxylic acids is 2. The highest BCUT2D eigenvalue weighted by Gasteiger charge is 2.48. The molecular weight excluding hydrogens is 252 g/mol. The summed E-state index contributed by atoms with van der Waals surface area (Å²) in [6, 6.07) is -0.589. The lowest BCUT2D eigenvalue weighted by atomic mass is 9.86. The number of hydrogen-bond acceptors (Lipinski definition) is 2. The Hall–Kier alpha value is -1.06. The summed E-state index contributed by atoms with van der Waals surface area (Å²) < 4.78 is 0. The zero-order chi connectivity index (χ0) is 15.1. The van der Waals surface area contributed by atoms with Crippen molar-refractivity contribution in [3.05, 3.63) is 0 Å². The maximum absolute atomic E-state index is 12.8. The maximum atomic E-state index is 12.8. The molecule has 0 bridgehead atoms. The zero-order valence-electron chi connectivity index (χ0n) is 13.4. The fourth-order valence-corrected chi connectivity index (χ4v) is 2.92. The molecule has 4 heteroatoms. The van der Waals surface area contributed by atoms with Crippen molar-refractivity contribution in [3.63, 3.8) is 0 Å². The second-order valence-corrected chi connectivity index (χ2v) is 7.50. The summed E-state index contributed by atoms with van der Waals surface area (Å²) in [7, 11) is 0. The highest BCUT2D eigenvalue weighted by Crippen LogP contribution is 2.36. The zero-order valence-corrected chi connectivity index (χ0v) is 13.4. The Morgan fingerprint density at radius 2 is 1.90 bits per heavy atom. The fourth-order valence-electron chi connectivity index (χ4n) is 2.92. The van der Waals surface area contributed by atoms with E-state index in [2.05, 4.69) is 26.1 Å². The summed E-state index contributed by atoms with van der Waals surface area (Å²) >= 11 is 0. The first-order valence-corrected chi connectivity index (χ1v) is 7.87. The van der Waals surface area contributed by atoms with Gasteiger partial charge in [-0.1, -0.05) is 34.6 Å². The van der Waals surface area contributed by atoms with Crippen LogP contribution in [0, 0.1) is 17.3 Å². The van der Waals surface area contributed by atoms with E-state index >= 15 is 0 Å². The van der Waals surface area contributed by atoms with Crippen molar-refractivity contribution < 1.29 is 9.59 Å². The number of hydrogen-bond donors (Lipinski definition) is 1. The summed E-state index contributed by atoms with van der Waals surface area (Å²) in [5, 5.41) is 2.96. The Bertz CT molecular complexity index is 399. The van der Waals surface area contributed by atoms with Crippen LogP contribution >= 0.6 is 0 Å². The molecule has 114 valence electrons. The van der Waals surface area contributed by atoms with Crippen LogP contribution in [0.15, 0.2) is 0 Å². The first-order chi connectivity index (χ1) is 9.26. The first kappa shape index (κ1) is 15.3. The molecule has 1 saturated carbocycles. The van der Waals surface area contributed by atoms with Gasteiger partial charge in [0.1, 0.15) is 12.1 Å². The lowest BCUT2D eigenvalue weighted by Crippen LogP contribution is -2.66. The molecule has 0 spiro atoms. The van der Waals surface area contributed by atoms with Crippen LogP contribution in [0.5, 0.6) is 0 Å². The molecule has 0 aromatic rings. The molecule has 1 aliphatic heterocycles. The first-order valence-electron chi connectivity index (χ1n) is 7.87. The molecule has 2 amide bonds. The van der Waals surface area contributed by atoms with Gasteiger partial charge in [-0.25, -0.2) is 0 Å². The molecular formula is C16H28N2O2. The molecule has 2 atom stereocenters. The van der Waals surface area contributed by atoms with Gasteiger partial charge in [-0.15, -0.1) is 0 Å². The third-order valence-corrected chi connectivity index (χ3v) is 4.73. The summed E-state index contributed by atoms with van der Waals surface area (Å²) in [6.07, 6.45) is 3.12. The SMILES string of the molecule is CCC(C)(C)CN1C(=O)C(C2CC2)NC(=O)C1C(C)C. The van der Waals surface area contributed by atoms with Crippen LogP contribution in [0.25, 0.3) is 0 Å². The van der Waals surface area contributed by atoms with E-state index in [1.807, 2.05) is 18.7 Å². The van der Waals surface area contributed by atoms with Gasteiger partial charge in [0, 0.05) is 6.54 Å². The van der Waals surface area contributed by atoms with Crippen molar-refractivity contribution in [2.75, 3.05) is 6.54 Å². The van der Waals surface area contributed by atoms with Crippen molar-refractivity contribution in [2.24, 2.45) is 17.3 Å². The van der Waals surface area contributed by atoms with Gasteiger partial charge in [-0.05, 0) is 36.5 Å². The topological polar surface area (TPSA) is 49.4 Å². The predicted octanol–water partition coefficient (Wildman–Crippen LogP) is 2.18. The molecule has 1 saturated heterocycles. The van der Waals surface area contributed by atoms with E-state index in [1.165, 1.54) is 0 Å². The quantitative estimate of drug-likeness (QED) is 0.839. The molecule has 2 rings (SSSR count). The molecule has 1 aliphatic carbocycles. The minimum absolute atomic E-state index is 0.0309. The van der Waals surface area contributed by atoms with Crippen molar-refractivity contribution in [1.82, 2.24) is 10.2 Å². The van der Waals surface area contributed by atoms with Gasteiger partial charge in [-0.2, -0.15) is 0 Å². The van der Waals surface area contributed by atoms with E-state index in [0.717, 1.165) is 19.3 Å². The van der Waals surface area contributed by atoms with E-state index in [4.69, 9.17) is 0 Å².